The zero-order valence-electron chi connectivity index (χ0n) is 14.0. The summed E-state index contributed by atoms with van der Waals surface area (Å²) in [5.74, 6) is 2.86. The van der Waals surface area contributed by atoms with Crippen molar-refractivity contribution in [3.63, 3.8) is 0 Å². The van der Waals surface area contributed by atoms with Crippen molar-refractivity contribution >= 4 is 5.82 Å². The van der Waals surface area contributed by atoms with Crippen molar-refractivity contribution < 1.29 is 0 Å². The predicted octanol–water partition coefficient (Wildman–Crippen LogP) is 5.05. The van der Waals surface area contributed by atoms with Crippen molar-refractivity contribution in [1.29, 1.82) is 0 Å². The first-order valence-electron chi connectivity index (χ1n) is 9.12. The van der Waals surface area contributed by atoms with Crippen molar-refractivity contribution in [1.82, 2.24) is 9.55 Å². The van der Waals surface area contributed by atoms with Crippen LogP contribution in [0.3, 0.4) is 0 Å². The normalized spacial score (nSPS) is 16.5. The molecule has 1 aromatic rings. The minimum Gasteiger partial charge on any atom is -0.384 e. The Kier molecular flexibility index (Phi) is 6.59. The van der Waals surface area contributed by atoms with E-state index in [1.165, 1.54) is 70.0 Å². The topological polar surface area (TPSA) is 43.8 Å². The van der Waals surface area contributed by atoms with E-state index in [9.17, 15) is 0 Å². The van der Waals surface area contributed by atoms with Crippen molar-refractivity contribution in [3.05, 3.63) is 11.5 Å². The fraction of sp³-hybridized carbons (Fsp3) is 0.833. The first-order chi connectivity index (χ1) is 10.3. The highest BCUT2D eigenvalue weighted by Gasteiger charge is 2.23. The highest BCUT2D eigenvalue weighted by atomic mass is 15.1. The van der Waals surface area contributed by atoms with Gasteiger partial charge < -0.3 is 10.3 Å². The molecule has 0 bridgehead atoms. The number of hydrogen-bond acceptors (Lipinski definition) is 2. The second-order valence-electron chi connectivity index (χ2n) is 6.55. The Balaban J connectivity index is 1.99. The van der Waals surface area contributed by atoms with Crippen LogP contribution in [0.15, 0.2) is 0 Å². The molecule has 0 amide bonds. The van der Waals surface area contributed by atoms with Crippen molar-refractivity contribution in [2.75, 3.05) is 5.73 Å². The number of hydrogen-bond donors (Lipinski definition) is 1. The van der Waals surface area contributed by atoms with Gasteiger partial charge in [-0.15, -0.1) is 0 Å². The Bertz CT molecular complexity index is 416. The van der Waals surface area contributed by atoms with Crippen LogP contribution in [0.2, 0.25) is 0 Å². The van der Waals surface area contributed by atoms with Crippen LogP contribution in [-0.2, 0) is 13.0 Å². The third-order valence-electron chi connectivity index (χ3n) is 4.92. The van der Waals surface area contributed by atoms with Gasteiger partial charge in [-0.2, -0.15) is 0 Å². The SMILES string of the molecule is CCCCCCCc1nc(C2CCCCC2)n(CC)c1N. The van der Waals surface area contributed by atoms with Crippen molar-refractivity contribution in [3.8, 4) is 0 Å². The standard InChI is InChI=1S/C18H33N3/c1-3-5-6-7-11-14-16-17(19)21(4-2)18(20-16)15-12-9-8-10-13-15/h15H,3-14,19H2,1-2H3. The largest absolute Gasteiger partial charge is 0.384 e. The maximum Gasteiger partial charge on any atom is 0.126 e. The number of nitrogens with zero attached hydrogens (tertiary/aromatic N) is 2. The third-order valence-corrected chi connectivity index (χ3v) is 4.92. The summed E-state index contributed by atoms with van der Waals surface area (Å²) in [6.45, 7) is 5.41. The van der Waals surface area contributed by atoms with Crippen LogP contribution < -0.4 is 5.73 Å². The zero-order chi connectivity index (χ0) is 15.1. The Hall–Kier alpha value is -0.990. The molecule has 3 nitrogen and oxygen atoms in total. The van der Waals surface area contributed by atoms with Crippen LogP contribution >= 0.6 is 0 Å². The molecule has 0 unspecified atom stereocenters. The summed E-state index contributed by atoms with van der Waals surface area (Å²) in [7, 11) is 0. The molecule has 1 fully saturated rings. The highest BCUT2D eigenvalue weighted by molar-refractivity contribution is 5.39. The highest BCUT2D eigenvalue weighted by Crippen LogP contribution is 2.34. The molecule has 1 aliphatic rings. The molecule has 1 saturated carbocycles. The molecule has 0 aromatic carbocycles. The van der Waals surface area contributed by atoms with Gasteiger partial charge in [-0.05, 0) is 32.6 Å². The maximum atomic E-state index is 6.36. The van der Waals surface area contributed by atoms with Crippen molar-refractivity contribution in [2.45, 2.75) is 96.9 Å². The van der Waals surface area contributed by atoms with Crippen LogP contribution in [0, 0.1) is 0 Å². The smallest absolute Gasteiger partial charge is 0.126 e. The predicted molar refractivity (Wildman–Crippen MR) is 90.6 cm³/mol. The number of unbranched alkanes of at least 4 members (excludes halogenated alkanes) is 4. The molecule has 3 heteroatoms. The Morgan fingerprint density at radius 3 is 2.43 bits per heavy atom. The van der Waals surface area contributed by atoms with Crippen LogP contribution in [0.25, 0.3) is 0 Å². The lowest BCUT2D eigenvalue weighted by molar-refractivity contribution is 0.417. The average molecular weight is 291 g/mol. The van der Waals surface area contributed by atoms with Gasteiger partial charge in [0.25, 0.3) is 0 Å². The molecule has 0 atom stereocenters. The zero-order valence-corrected chi connectivity index (χ0v) is 14.0. The van der Waals surface area contributed by atoms with E-state index >= 15 is 0 Å². The number of anilines is 1. The van der Waals surface area contributed by atoms with E-state index in [-0.39, 0.29) is 0 Å². The van der Waals surface area contributed by atoms with E-state index in [1.54, 1.807) is 0 Å². The molecular formula is C18H33N3. The number of nitrogen functional groups attached to an aromatic ring is 1. The fourth-order valence-electron chi connectivity index (χ4n) is 3.62. The van der Waals surface area contributed by atoms with Crippen LogP contribution in [-0.4, -0.2) is 9.55 Å². The van der Waals surface area contributed by atoms with E-state index in [0.29, 0.717) is 5.92 Å². The minimum atomic E-state index is 0.648. The Morgan fingerprint density at radius 1 is 1.05 bits per heavy atom. The lowest BCUT2D eigenvalue weighted by atomic mass is 9.88. The monoisotopic (exact) mass is 291 g/mol. The molecule has 1 aliphatic carbocycles. The molecule has 0 aliphatic heterocycles. The first-order valence-corrected chi connectivity index (χ1v) is 9.12. The first kappa shape index (κ1) is 16.4. The van der Waals surface area contributed by atoms with E-state index in [4.69, 9.17) is 10.7 Å². The summed E-state index contributed by atoms with van der Waals surface area (Å²) in [5.41, 5.74) is 7.52. The van der Waals surface area contributed by atoms with Gasteiger partial charge in [0.05, 0.1) is 5.69 Å². The van der Waals surface area contributed by atoms with Gasteiger partial charge >= 0.3 is 0 Å². The fourth-order valence-corrected chi connectivity index (χ4v) is 3.62. The van der Waals surface area contributed by atoms with Crippen LogP contribution in [0.4, 0.5) is 5.82 Å². The summed E-state index contributed by atoms with van der Waals surface area (Å²) in [4.78, 5) is 4.96. The van der Waals surface area contributed by atoms with Gasteiger partial charge in [0.1, 0.15) is 11.6 Å². The van der Waals surface area contributed by atoms with Gasteiger partial charge in [-0.3, -0.25) is 0 Å². The number of imidazole rings is 1. The van der Waals surface area contributed by atoms with E-state index in [2.05, 4.69) is 18.4 Å². The second kappa shape index (κ2) is 8.45. The van der Waals surface area contributed by atoms with Crippen LogP contribution in [0.5, 0.6) is 0 Å². The lowest BCUT2D eigenvalue weighted by Crippen LogP contribution is -2.12. The van der Waals surface area contributed by atoms with Gasteiger partial charge in [0, 0.05) is 12.5 Å². The van der Waals surface area contributed by atoms with Gasteiger partial charge in [0.15, 0.2) is 0 Å². The number of rotatable bonds is 8. The summed E-state index contributed by atoms with van der Waals surface area (Å²) in [6.07, 6.45) is 14.3. The lowest BCUT2D eigenvalue weighted by Gasteiger charge is -2.21. The van der Waals surface area contributed by atoms with E-state index in [0.717, 1.165) is 24.5 Å². The Labute approximate surface area is 130 Å². The quantitative estimate of drug-likeness (QED) is 0.681. The van der Waals surface area contributed by atoms with Crippen molar-refractivity contribution in [2.24, 2.45) is 0 Å². The van der Waals surface area contributed by atoms with Crippen LogP contribution in [0.1, 0.15) is 95.5 Å². The molecule has 0 saturated heterocycles. The molecule has 2 N–H and O–H groups in total. The molecular weight excluding hydrogens is 258 g/mol. The van der Waals surface area contributed by atoms with Gasteiger partial charge in [-0.25, -0.2) is 4.98 Å². The maximum absolute atomic E-state index is 6.36. The molecule has 0 radical (unpaired) electrons. The number of nitrogens with two attached hydrogens (primary N) is 1. The van der Waals surface area contributed by atoms with E-state index < -0.39 is 0 Å². The molecule has 2 rings (SSSR count). The summed E-state index contributed by atoms with van der Waals surface area (Å²) in [6, 6.07) is 0. The summed E-state index contributed by atoms with van der Waals surface area (Å²) in [5, 5.41) is 0. The molecule has 120 valence electrons. The average Bonchev–Trinajstić information content (AvgIpc) is 2.84. The Morgan fingerprint density at radius 2 is 1.76 bits per heavy atom. The number of aromatic nitrogens is 2. The summed E-state index contributed by atoms with van der Waals surface area (Å²) >= 11 is 0. The summed E-state index contributed by atoms with van der Waals surface area (Å²) < 4.78 is 2.28. The minimum absolute atomic E-state index is 0.648. The number of aryl methyl sites for hydroxylation is 1. The molecule has 21 heavy (non-hydrogen) atoms. The molecule has 1 heterocycles. The van der Waals surface area contributed by atoms with Gasteiger partial charge in [0.2, 0.25) is 0 Å². The van der Waals surface area contributed by atoms with Gasteiger partial charge in [-0.1, -0.05) is 51.9 Å². The van der Waals surface area contributed by atoms with E-state index in [1.807, 2.05) is 0 Å². The molecule has 1 aromatic heterocycles. The third kappa shape index (κ3) is 4.24. The molecule has 0 spiro atoms. The second-order valence-corrected chi connectivity index (χ2v) is 6.55.